The standard InChI is InChI=1S/C19H20N2S/c1-12-3-6-14(7-4-12)22-19-13(2)5-8-15-16-11-20-10-9-17(16)21-18(15)19/h3-8,20-21H,9-11H2,1-2H3. The van der Waals surface area contributed by atoms with E-state index in [1.807, 2.05) is 11.8 Å². The Hall–Kier alpha value is -1.71. The molecular weight excluding hydrogens is 288 g/mol. The lowest BCUT2D eigenvalue weighted by Gasteiger charge is -2.12. The maximum absolute atomic E-state index is 3.70. The summed E-state index contributed by atoms with van der Waals surface area (Å²) >= 11 is 1.86. The van der Waals surface area contributed by atoms with Gasteiger partial charge in [-0.05, 0) is 37.1 Å². The van der Waals surface area contributed by atoms with Gasteiger partial charge in [0, 0.05) is 40.4 Å². The van der Waals surface area contributed by atoms with Gasteiger partial charge in [-0.25, -0.2) is 0 Å². The number of rotatable bonds is 2. The number of fused-ring (bicyclic) bond motifs is 3. The Morgan fingerprint density at radius 1 is 1.00 bits per heavy atom. The van der Waals surface area contributed by atoms with Crippen molar-refractivity contribution >= 4 is 22.7 Å². The van der Waals surface area contributed by atoms with Gasteiger partial charge in [-0.15, -0.1) is 0 Å². The molecule has 0 fully saturated rings. The van der Waals surface area contributed by atoms with E-state index in [0.29, 0.717) is 0 Å². The Balaban J connectivity index is 1.83. The lowest BCUT2D eigenvalue weighted by atomic mass is 10.1. The lowest BCUT2D eigenvalue weighted by molar-refractivity contribution is 0.641. The first-order valence-corrected chi connectivity index (χ1v) is 8.62. The highest BCUT2D eigenvalue weighted by Crippen LogP contribution is 2.38. The number of nitrogens with one attached hydrogen (secondary N) is 2. The van der Waals surface area contributed by atoms with Crippen molar-refractivity contribution in [2.45, 2.75) is 36.6 Å². The van der Waals surface area contributed by atoms with Crippen molar-refractivity contribution in [3.63, 3.8) is 0 Å². The molecule has 0 atom stereocenters. The largest absolute Gasteiger partial charge is 0.357 e. The molecule has 0 saturated carbocycles. The maximum atomic E-state index is 3.70. The average molecular weight is 308 g/mol. The summed E-state index contributed by atoms with van der Waals surface area (Å²) in [5, 5.41) is 4.86. The van der Waals surface area contributed by atoms with Crippen LogP contribution in [0, 0.1) is 13.8 Å². The molecule has 1 aliphatic rings. The van der Waals surface area contributed by atoms with Crippen LogP contribution in [0.3, 0.4) is 0 Å². The van der Waals surface area contributed by atoms with Crippen molar-refractivity contribution in [1.29, 1.82) is 0 Å². The molecule has 0 amide bonds. The Bertz CT molecular complexity index is 831. The summed E-state index contributed by atoms with van der Waals surface area (Å²) in [6.07, 6.45) is 1.09. The highest BCUT2D eigenvalue weighted by molar-refractivity contribution is 7.99. The molecule has 1 aromatic heterocycles. The van der Waals surface area contributed by atoms with Crippen LogP contribution in [-0.2, 0) is 13.0 Å². The van der Waals surface area contributed by atoms with Gasteiger partial charge in [0.25, 0.3) is 0 Å². The van der Waals surface area contributed by atoms with Crippen LogP contribution >= 0.6 is 11.8 Å². The molecule has 4 rings (SSSR count). The Morgan fingerprint density at radius 3 is 2.64 bits per heavy atom. The Kier molecular flexibility index (Phi) is 3.47. The summed E-state index contributed by atoms with van der Waals surface area (Å²) in [6.45, 7) is 6.38. The van der Waals surface area contributed by atoms with E-state index in [4.69, 9.17) is 0 Å². The molecule has 2 heterocycles. The van der Waals surface area contributed by atoms with Crippen molar-refractivity contribution in [3.8, 4) is 0 Å². The first kappa shape index (κ1) is 13.9. The Morgan fingerprint density at radius 2 is 1.82 bits per heavy atom. The number of aromatic amines is 1. The fraction of sp³-hybridized carbons (Fsp3) is 0.263. The fourth-order valence-electron chi connectivity index (χ4n) is 3.15. The first-order valence-electron chi connectivity index (χ1n) is 7.80. The molecule has 22 heavy (non-hydrogen) atoms. The lowest BCUT2D eigenvalue weighted by Crippen LogP contribution is -2.22. The molecule has 0 spiro atoms. The van der Waals surface area contributed by atoms with E-state index in [2.05, 4.69) is 60.5 Å². The third-order valence-corrected chi connectivity index (χ3v) is 5.65. The van der Waals surface area contributed by atoms with Crippen molar-refractivity contribution in [1.82, 2.24) is 10.3 Å². The molecule has 0 aliphatic carbocycles. The van der Waals surface area contributed by atoms with Gasteiger partial charge in [0.15, 0.2) is 0 Å². The van der Waals surface area contributed by atoms with Gasteiger partial charge in [-0.1, -0.05) is 41.6 Å². The van der Waals surface area contributed by atoms with E-state index in [1.165, 1.54) is 43.1 Å². The zero-order chi connectivity index (χ0) is 15.1. The highest BCUT2D eigenvalue weighted by Gasteiger charge is 2.18. The minimum atomic E-state index is 0.979. The summed E-state index contributed by atoms with van der Waals surface area (Å²) in [6, 6.07) is 13.3. The number of aryl methyl sites for hydroxylation is 2. The van der Waals surface area contributed by atoms with Gasteiger partial charge in [0.05, 0.1) is 5.52 Å². The van der Waals surface area contributed by atoms with Gasteiger partial charge < -0.3 is 10.3 Å². The number of hydrogen-bond acceptors (Lipinski definition) is 2. The van der Waals surface area contributed by atoms with Gasteiger partial charge >= 0.3 is 0 Å². The minimum Gasteiger partial charge on any atom is -0.357 e. The SMILES string of the molecule is Cc1ccc(Sc2c(C)ccc3c4c([nH]c23)CCNC4)cc1. The van der Waals surface area contributed by atoms with Crippen LogP contribution in [0.1, 0.15) is 22.4 Å². The normalized spacial score (nSPS) is 14.3. The average Bonchev–Trinajstić information content (AvgIpc) is 2.91. The van der Waals surface area contributed by atoms with E-state index >= 15 is 0 Å². The quantitative estimate of drug-likeness (QED) is 0.725. The molecular formula is C19H20N2S. The molecule has 3 aromatic rings. The second-order valence-electron chi connectivity index (χ2n) is 6.06. The molecule has 0 unspecified atom stereocenters. The molecule has 112 valence electrons. The fourth-order valence-corrected chi connectivity index (χ4v) is 4.15. The highest BCUT2D eigenvalue weighted by atomic mass is 32.2. The third-order valence-electron chi connectivity index (χ3n) is 4.41. The smallest absolute Gasteiger partial charge is 0.0603 e. The van der Waals surface area contributed by atoms with Gasteiger partial charge in [0.1, 0.15) is 0 Å². The zero-order valence-corrected chi connectivity index (χ0v) is 13.8. The van der Waals surface area contributed by atoms with Gasteiger partial charge in [-0.3, -0.25) is 0 Å². The summed E-state index contributed by atoms with van der Waals surface area (Å²) in [5.41, 5.74) is 6.81. The molecule has 2 nitrogen and oxygen atoms in total. The van der Waals surface area contributed by atoms with Crippen LogP contribution in [0.5, 0.6) is 0 Å². The second kappa shape index (κ2) is 5.49. The summed E-state index contributed by atoms with van der Waals surface area (Å²) < 4.78 is 0. The second-order valence-corrected chi connectivity index (χ2v) is 7.14. The van der Waals surface area contributed by atoms with E-state index in [9.17, 15) is 0 Å². The Labute approximate surface area is 135 Å². The van der Waals surface area contributed by atoms with Crippen LogP contribution in [0.25, 0.3) is 10.9 Å². The third kappa shape index (κ3) is 2.34. The predicted octanol–water partition coefficient (Wildman–Crippen LogP) is 4.58. The number of H-pyrrole nitrogens is 1. The molecule has 0 radical (unpaired) electrons. The van der Waals surface area contributed by atoms with Gasteiger partial charge in [0.2, 0.25) is 0 Å². The van der Waals surface area contributed by atoms with E-state index in [-0.39, 0.29) is 0 Å². The van der Waals surface area contributed by atoms with Crippen LogP contribution < -0.4 is 5.32 Å². The monoisotopic (exact) mass is 308 g/mol. The predicted molar refractivity (Wildman–Crippen MR) is 93.7 cm³/mol. The van der Waals surface area contributed by atoms with Crippen molar-refractivity contribution < 1.29 is 0 Å². The van der Waals surface area contributed by atoms with E-state index in [1.54, 1.807) is 0 Å². The summed E-state index contributed by atoms with van der Waals surface area (Å²) in [5.74, 6) is 0. The number of aromatic nitrogens is 1. The van der Waals surface area contributed by atoms with Crippen LogP contribution in [0.4, 0.5) is 0 Å². The number of hydrogen-bond donors (Lipinski definition) is 2. The maximum Gasteiger partial charge on any atom is 0.0603 e. The molecule has 2 aromatic carbocycles. The topological polar surface area (TPSA) is 27.8 Å². The van der Waals surface area contributed by atoms with Gasteiger partial charge in [-0.2, -0.15) is 0 Å². The van der Waals surface area contributed by atoms with Crippen molar-refractivity contribution in [2.24, 2.45) is 0 Å². The van der Waals surface area contributed by atoms with Crippen molar-refractivity contribution in [2.75, 3.05) is 6.54 Å². The van der Waals surface area contributed by atoms with E-state index < -0.39 is 0 Å². The van der Waals surface area contributed by atoms with Crippen LogP contribution in [-0.4, -0.2) is 11.5 Å². The molecule has 3 heteroatoms. The van der Waals surface area contributed by atoms with E-state index in [0.717, 1.165) is 19.5 Å². The van der Waals surface area contributed by atoms with Crippen LogP contribution in [0.15, 0.2) is 46.2 Å². The van der Waals surface area contributed by atoms with Crippen LogP contribution in [0.2, 0.25) is 0 Å². The number of benzene rings is 2. The first-order chi connectivity index (χ1) is 10.7. The molecule has 0 bridgehead atoms. The summed E-state index contributed by atoms with van der Waals surface area (Å²) in [7, 11) is 0. The zero-order valence-electron chi connectivity index (χ0n) is 13.0. The summed E-state index contributed by atoms with van der Waals surface area (Å²) in [4.78, 5) is 6.35. The molecule has 0 saturated heterocycles. The minimum absolute atomic E-state index is 0.979. The van der Waals surface area contributed by atoms with Crippen molar-refractivity contribution in [3.05, 3.63) is 58.8 Å². The molecule has 1 aliphatic heterocycles. The molecule has 2 N–H and O–H groups in total.